The van der Waals surface area contributed by atoms with Crippen LogP contribution < -0.4 is 10.0 Å². The average Bonchev–Trinajstić information content (AvgIpc) is 2.71. The Kier molecular flexibility index (Phi) is 6.66. The summed E-state index contributed by atoms with van der Waals surface area (Å²) in [5.41, 5.74) is 1.13. The smallest absolute Gasteiger partial charge is 0.273 e. The number of pyridine rings is 2. The second-order valence-corrected chi connectivity index (χ2v) is 8.57. The first-order valence-corrected chi connectivity index (χ1v) is 11.1. The Labute approximate surface area is 178 Å². The van der Waals surface area contributed by atoms with E-state index in [1.165, 1.54) is 25.4 Å². The summed E-state index contributed by atoms with van der Waals surface area (Å²) in [5, 5.41) is 13.3. The molecule has 9 nitrogen and oxygen atoms in total. The van der Waals surface area contributed by atoms with Crippen molar-refractivity contribution in [2.75, 3.05) is 31.2 Å². The Morgan fingerprint density at radius 3 is 2.58 bits per heavy atom. The van der Waals surface area contributed by atoms with Crippen LogP contribution in [0.15, 0.2) is 36.5 Å². The molecule has 3 rings (SSSR count). The van der Waals surface area contributed by atoms with Crippen molar-refractivity contribution in [2.24, 2.45) is 0 Å². The molecule has 164 valence electrons. The number of nitrogens with one attached hydrogen (secondary N) is 2. The van der Waals surface area contributed by atoms with Crippen LogP contribution in [0.3, 0.4) is 0 Å². The molecule has 0 aliphatic rings. The van der Waals surface area contributed by atoms with Crippen LogP contribution in [0, 0.1) is 5.82 Å². The number of fused-ring (bicyclic) bond motifs is 1. The highest BCUT2D eigenvalue weighted by atomic mass is 32.2. The molecular formula is C20H21FN4O5S. The van der Waals surface area contributed by atoms with Gasteiger partial charge in [-0.2, -0.15) is 0 Å². The molecule has 2 heterocycles. The van der Waals surface area contributed by atoms with E-state index in [1.54, 1.807) is 18.2 Å². The lowest BCUT2D eigenvalue weighted by Gasteiger charge is -2.13. The third-order valence-electron chi connectivity index (χ3n) is 4.28. The molecule has 0 radical (unpaired) electrons. The SMILES string of the molecule is COCCNC(=O)c1nc(NS(C)(=O)=O)c2cc(Cc3ccc(F)cc3)cnc2c1O. The standard InChI is InChI=1S/C20H21FN4O5S/c1-30-8-7-22-20(27)17-18(26)16-15(19(24-17)25-31(2,28)29)10-13(11-23-16)9-12-3-5-14(21)6-4-12/h3-6,10-11,26H,7-9H2,1-2H3,(H,22,27)(H,24,25). The minimum Gasteiger partial charge on any atom is -0.504 e. The second kappa shape index (κ2) is 9.23. The monoisotopic (exact) mass is 448 g/mol. The molecule has 0 fully saturated rings. The van der Waals surface area contributed by atoms with Gasteiger partial charge in [0.25, 0.3) is 5.91 Å². The molecule has 0 saturated carbocycles. The highest BCUT2D eigenvalue weighted by Gasteiger charge is 2.22. The normalized spacial score (nSPS) is 11.5. The summed E-state index contributed by atoms with van der Waals surface area (Å²) in [6, 6.07) is 7.53. The lowest BCUT2D eigenvalue weighted by molar-refractivity contribution is 0.0929. The summed E-state index contributed by atoms with van der Waals surface area (Å²) >= 11 is 0. The number of benzene rings is 1. The lowest BCUT2D eigenvalue weighted by atomic mass is 10.0. The minimum absolute atomic E-state index is 0.0147. The Balaban J connectivity index is 2.06. The summed E-state index contributed by atoms with van der Waals surface area (Å²) in [6.45, 7) is 0.424. The number of ether oxygens (including phenoxy) is 1. The number of aromatic nitrogens is 2. The average molecular weight is 448 g/mol. The van der Waals surface area contributed by atoms with Crippen molar-refractivity contribution in [1.82, 2.24) is 15.3 Å². The predicted octanol–water partition coefficient (Wildman–Crippen LogP) is 1.81. The van der Waals surface area contributed by atoms with Crippen molar-refractivity contribution in [2.45, 2.75) is 6.42 Å². The first-order valence-electron chi connectivity index (χ1n) is 9.19. The fourth-order valence-electron chi connectivity index (χ4n) is 2.91. The zero-order chi connectivity index (χ0) is 22.6. The zero-order valence-corrected chi connectivity index (χ0v) is 17.7. The number of hydrogen-bond acceptors (Lipinski definition) is 7. The molecule has 1 amide bonds. The molecule has 0 saturated heterocycles. The number of sulfonamides is 1. The molecule has 3 N–H and O–H groups in total. The Morgan fingerprint density at radius 1 is 1.23 bits per heavy atom. The summed E-state index contributed by atoms with van der Waals surface area (Å²) in [5.74, 6) is -1.67. The van der Waals surface area contributed by atoms with E-state index in [1.807, 2.05) is 0 Å². The molecule has 0 bridgehead atoms. The largest absolute Gasteiger partial charge is 0.504 e. The van der Waals surface area contributed by atoms with Crippen molar-refractivity contribution in [1.29, 1.82) is 0 Å². The van der Waals surface area contributed by atoms with Crippen LogP contribution in [-0.4, -0.2) is 55.9 Å². The van der Waals surface area contributed by atoms with E-state index in [9.17, 15) is 22.7 Å². The van der Waals surface area contributed by atoms with Gasteiger partial charge in [-0.3, -0.25) is 14.5 Å². The van der Waals surface area contributed by atoms with Gasteiger partial charge in [0, 0.05) is 25.2 Å². The first-order chi connectivity index (χ1) is 14.7. The molecule has 0 aliphatic carbocycles. The number of amides is 1. The molecule has 2 aromatic heterocycles. The van der Waals surface area contributed by atoms with Crippen LogP contribution >= 0.6 is 0 Å². The first kappa shape index (κ1) is 22.4. The van der Waals surface area contributed by atoms with Crippen LogP contribution in [0.25, 0.3) is 10.9 Å². The maximum Gasteiger partial charge on any atom is 0.273 e. The van der Waals surface area contributed by atoms with Crippen molar-refractivity contribution in [3.8, 4) is 5.75 Å². The van der Waals surface area contributed by atoms with Crippen LogP contribution in [0.1, 0.15) is 21.6 Å². The van der Waals surface area contributed by atoms with Crippen LogP contribution in [0.5, 0.6) is 5.75 Å². The molecule has 3 aromatic rings. The van der Waals surface area contributed by atoms with Crippen molar-refractivity contribution in [3.63, 3.8) is 0 Å². The Morgan fingerprint density at radius 2 is 1.94 bits per heavy atom. The number of hydrogen-bond donors (Lipinski definition) is 3. The third kappa shape index (κ3) is 5.64. The summed E-state index contributed by atoms with van der Waals surface area (Å²) < 4.78 is 44.0. The van der Waals surface area contributed by atoms with Gasteiger partial charge in [0.2, 0.25) is 10.0 Å². The molecule has 0 spiro atoms. The summed E-state index contributed by atoms with van der Waals surface area (Å²) in [4.78, 5) is 20.7. The van der Waals surface area contributed by atoms with Crippen LogP contribution in [0.4, 0.5) is 10.2 Å². The van der Waals surface area contributed by atoms with Gasteiger partial charge in [0.15, 0.2) is 11.4 Å². The zero-order valence-electron chi connectivity index (χ0n) is 16.8. The van der Waals surface area contributed by atoms with Crippen molar-refractivity contribution < 1.29 is 27.4 Å². The lowest BCUT2D eigenvalue weighted by Crippen LogP contribution is -2.28. The summed E-state index contributed by atoms with van der Waals surface area (Å²) in [7, 11) is -2.26. The van der Waals surface area contributed by atoms with Gasteiger partial charge >= 0.3 is 0 Å². The number of anilines is 1. The van der Waals surface area contributed by atoms with Gasteiger partial charge in [0.1, 0.15) is 17.2 Å². The number of carbonyl (C=O) groups is 1. The highest BCUT2D eigenvalue weighted by molar-refractivity contribution is 7.92. The molecule has 31 heavy (non-hydrogen) atoms. The number of methoxy groups -OCH3 is 1. The van der Waals surface area contributed by atoms with Gasteiger partial charge in [-0.25, -0.2) is 17.8 Å². The van der Waals surface area contributed by atoms with E-state index in [0.29, 0.717) is 12.0 Å². The predicted molar refractivity (Wildman–Crippen MR) is 113 cm³/mol. The molecule has 11 heteroatoms. The van der Waals surface area contributed by atoms with Gasteiger partial charge in [0.05, 0.1) is 12.9 Å². The van der Waals surface area contributed by atoms with Crippen LogP contribution in [-0.2, 0) is 21.2 Å². The number of halogens is 1. The van der Waals surface area contributed by atoms with E-state index in [0.717, 1.165) is 11.8 Å². The Bertz CT molecular complexity index is 1220. The Hall–Kier alpha value is -3.31. The topological polar surface area (TPSA) is 131 Å². The minimum atomic E-state index is -3.74. The van der Waals surface area contributed by atoms with E-state index < -0.39 is 21.7 Å². The number of carbonyl (C=O) groups excluding carboxylic acids is 1. The van der Waals surface area contributed by atoms with Crippen LogP contribution in [0.2, 0.25) is 0 Å². The molecule has 0 atom stereocenters. The molecule has 1 aromatic carbocycles. The van der Waals surface area contributed by atoms with Gasteiger partial charge < -0.3 is 15.2 Å². The maximum absolute atomic E-state index is 13.1. The summed E-state index contributed by atoms with van der Waals surface area (Å²) in [6.07, 6.45) is 2.82. The highest BCUT2D eigenvalue weighted by Crippen LogP contribution is 2.32. The van der Waals surface area contributed by atoms with E-state index in [-0.39, 0.29) is 41.4 Å². The number of rotatable bonds is 8. The van der Waals surface area contributed by atoms with Crippen molar-refractivity contribution >= 4 is 32.7 Å². The van der Waals surface area contributed by atoms with Gasteiger partial charge in [-0.05, 0) is 35.7 Å². The fraction of sp³-hybridized carbons (Fsp3) is 0.250. The number of nitrogens with zero attached hydrogens (tertiary/aromatic N) is 2. The van der Waals surface area contributed by atoms with E-state index >= 15 is 0 Å². The van der Waals surface area contributed by atoms with Crippen molar-refractivity contribution in [3.05, 3.63) is 59.2 Å². The van der Waals surface area contributed by atoms with E-state index in [2.05, 4.69) is 20.0 Å². The quantitative estimate of drug-likeness (QED) is 0.448. The second-order valence-electron chi connectivity index (χ2n) is 6.82. The van der Waals surface area contributed by atoms with E-state index in [4.69, 9.17) is 4.74 Å². The third-order valence-corrected chi connectivity index (χ3v) is 4.85. The molecule has 0 aliphatic heterocycles. The molecular weight excluding hydrogens is 427 g/mol. The van der Waals surface area contributed by atoms with Gasteiger partial charge in [-0.1, -0.05) is 12.1 Å². The van der Waals surface area contributed by atoms with Gasteiger partial charge in [-0.15, -0.1) is 0 Å². The number of aromatic hydroxyl groups is 1. The maximum atomic E-state index is 13.1. The molecule has 0 unspecified atom stereocenters. The fourth-order valence-corrected chi connectivity index (χ4v) is 3.42.